The summed E-state index contributed by atoms with van der Waals surface area (Å²) in [7, 11) is 0. The number of rotatable bonds is 1. The SMILES string of the molecule is CC(C)(N)C1CCC(F)(F)CC1.Cl. The molecule has 4 heteroatoms. The number of halogens is 3. The van der Waals surface area contributed by atoms with Crippen molar-refractivity contribution < 1.29 is 8.78 Å². The van der Waals surface area contributed by atoms with E-state index in [2.05, 4.69) is 0 Å². The molecular weight excluding hydrogens is 196 g/mol. The Bertz CT molecular complexity index is 155. The van der Waals surface area contributed by atoms with Crippen molar-refractivity contribution in [3.8, 4) is 0 Å². The highest BCUT2D eigenvalue weighted by Crippen LogP contribution is 2.39. The number of hydrogen-bond acceptors (Lipinski definition) is 1. The zero-order valence-electron chi connectivity index (χ0n) is 8.15. The number of nitrogens with two attached hydrogens (primary N) is 1. The Balaban J connectivity index is 0.00000144. The van der Waals surface area contributed by atoms with E-state index in [-0.39, 0.29) is 36.7 Å². The third-order valence-electron chi connectivity index (χ3n) is 2.77. The van der Waals surface area contributed by atoms with Gasteiger partial charge >= 0.3 is 0 Å². The van der Waals surface area contributed by atoms with Crippen LogP contribution in [0, 0.1) is 5.92 Å². The van der Waals surface area contributed by atoms with Gasteiger partial charge in [-0.3, -0.25) is 0 Å². The molecule has 0 aromatic carbocycles. The maximum Gasteiger partial charge on any atom is 0.248 e. The Hall–Kier alpha value is 0.110. The Morgan fingerprint density at radius 1 is 1.23 bits per heavy atom. The molecule has 0 aliphatic heterocycles. The van der Waals surface area contributed by atoms with Crippen LogP contribution in [-0.4, -0.2) is 11.5 Å². The molecule has 1 rings (SSSR count). The van der Waals surface area contributed by atoms with E-state index >= 15 is 0 Å². The average Bonchev–Trinajstić information content (AvgIpc) is 1.83. The Morgan fingerprint density at radius 2 is 1.62 bits per heavy atom. The highest BCUT2D eigenvalue weighted by Gasteiger charge is 2.38. The normalized spacial score (nSPS) is 23.8. The lowest BCUT2D eigenvalue weighted by molar-refractivity contribution is -0.0524. The molecule has 0 aromatic heterocycles. The molecule has 0 spiro atoms. The molecule has 0 aromatic rings. The smallest absolute Gasteiger partial charge is 0.248 e. The zero-order chi connectivity index (χ0) is 9.41. The molecule has 0 amide bonds. The molecular formula is C9H18ClF2N. The molecule has 0 heterocycles. The van der Waals surface area contributed by atoms with E-state index in [4.69, 9.17) is 5.73 Å². The first-order valence-corrected chi connectivity index (χ1v) is 4.48. The second kappa shape index (κ2) is 4.09. The molecule has 13 heavy (non-hydrogen) atoms. The fourth-order valence-corrected chi connectivity index (χ4v) is 1.78. The largest absolute Gasteiger partial charge is 0.325 e. The minimum atomic E-state index is -2.43. The second-order valence-corrected chi connectivity index (χ2v) is 4.45. The first-order valence-electron chi connectivity index (χ1n) is 4.48. The van der Waals surface area contributed by atoms with E-state index < -0.39 is 5.92 Å². The van der Waals surface area contributed by atoms with Crippen molar-refractivity contribution in [1.29, 1.82) is 0 Å². The van der Waals surface area contributed by atoms with Gasteiger partial charge in [0, 0.05) is 18.4 Å². The summed E-state index contributed by atoms with van der Waals surface area (Å²) in [6, 6.07) is 0. The molecule has 0 unspecified atom stereocenters. The first kappa shape index (κ1) is 13.1. The van der Waals surface area contributed by atoms with Crippen molar-refractivity contribution in [3.63, 3.8) is 0 Å². The quantitative estimate of drug-likeness (QED) is 0.712. The summed E-state index contributed by atoms with van der Waals surface area (Å²) >= 11 is 0. The van der Waals surface area contributed by atoms with Gasteiger partial charge in [0.25, 0.3) is 0 Å². The average molecular weight is 214 g/mol. The minimum Gasteiger partial charge on any atom is -0.325 e. The van der Waals surface area contributed by atoms with Crippen LogP contribution in [-0.2, 0) is 0 Å². The predicted octanol–water partition coefficient (Wildman–Crippen LogP) is 2.97. The summed E-state index contributed by atoms with van der Waals surface area (Å²) in [4.78, 5) is 0. The van der Waals surface area contributed by atoms with Crippen LogP contribution in [0.3, 0.4) is 0 Å². The van der Waals surface area contributed by atoms with Gasteiger partial charge in [0.1, 0.15) is 0 Å². The van der Waals surface area contributed by atoms with E-state index in [0.29, 0.717) is 12.8 Å². The molecule has 0 atom stereocenters. The van der Waals surface area contributed by atoms with E-state index in [1.165, 1.54) is 0 Å². The van der Waals surface area contributed by atoms with Crippen LogP contribution in [0.4, 0.5) is 8.78 Å². The Morgan fingerprint density at radius 3 is 1.92 bits per heavy atom. The molecule has 0 saturated heterocycles. The van der Waals surface area contributed by atoms with Crippen molar-refractivity contribution in [3.05, 3.63) is 0 Å². The number of alkyl halides is 2. The molecule has 0 radical (unpaired) electrons. The van der Waals surface area contributed by atoms with Crippen molar-refractivity contribution in [2.75, 3.05) is 0 Å². The standard InChI is InChI=1S/C9H17F2N.ClH/c1-8(2,12)7-3-5-9(10,11)6-4-7;/h7H,3-6,12H2,1-2H3;1H. The third-order valence-corrected chi connectivity index (χ3v) is 2.77. The molecule has 1 saturated carbocycles. The van der Waals surface area contributed by atoms with Crippen molar-refractivity contribution in [2.24, 2.45) is 11.7 Å². The van der Waals surface area contributed by atoms with Gasteiger partial charge in [-0.2, -0.15) is 0 Å². The summed E-state index contributed by atoms with van der Waals surface area (Å²) in [6.45, 7) is 3.84. The first-order chi connectivity index (χ1) is 5.31. The van der Waals surface area contributed by atoms with Gasteiger partial charge in [0.05, 0.1) is 0 Å². The van der Waals surface area contributed by atoms with Crippen LogP contribution in [0.15, 0.2) is 0 Å². The lowest BCUT2D eigenvalue weighted by Crippen LogP contribution is -2.44. The van der Waals surface area contributed by atoms with Crippen molar-refractivity contribution in [2.45, 2.75) is 51.0 Å². The van der Waals surface area contributed by atoms with Crippen LogP contribution in [0.25, 0.3) is 0 Å². The molecule has 1 aliphatic carbocycles. The third kappa shape index (κ3) is 3.77. The fourth-order valence-electron chi connectivity index (χ4n) is 1.78. The van der Waals surface area contributed by atoms with Gasteiger partial charge in [0.2, 0.25) is 5.92 Å². The van der Waals surface area contributed by atoms with Crippen LogP contribution >= 0.6 is 12.4 Å². The highest BCUT2D eigenvalue weighted by molar-refractivity contribution is 5.85. The van der Waals surface area contributed by atoms with E-state index in [0.717, 1.165) is 0 Å². The van der Waals surface area contributed by atoms with Gasteiger partial charge in [-0.1, -0.05) is 0 Å². The summed E-state index contributed by atoms with van der Waals surface area (Å²) in [5.74, 6) is -2.17. The molecule has 1 nitrogen and oxygen atoms in total. The van der Waals surface area contributed by atoms with Crippen LogP contribution < -0.4 is 5.73 Å². The van der Waals surface area contributed by atoms with Gasteiger partial charge < -0.3 is 5.73 Å². The van der Waals surface area contributed by atoms with Gasteiger partial charge in [-0.25, -0.2) is 8.78 Å². The summed E-state index contributed by atoms with van der Waals surface area (Å²) in [5, 5.41) is 0. The lowest BCUT2D eigenvalue weighted by atomic mass is 9.76. The van der Waals surface area contributed by atoms with Crippen molar-refractivity contribution >= 4 is 12.4 Å². The maximum absolute atomic E-state index is 12.7. The molecule has 0 bridgehead atoms. The maximum atomic E-state index is 12.7. The van der Waals surface area contributed by atoms with E-state index in [9.17, 15) is 8.78 Å². The minimum absolute atomic E-state index is 0. The van der Waals surface area contributed by atoms with Crippen LogP contribution in [0.2, 0.25) is 0 Å². The van der Waals surface area contributed by atoms with Gasteiger partial charge in [-0.15, -0.1) is 12.4 Å². The lowest BCUT2D eigenvalue weighted by Gasteiger charge is -2.36. The molecule has 2 N–H and O–H groups in total. The monoisotopic (exact) mass is 213 g/mol. The molecule has 1 fully saturated rings. The summed E-state index contributed by atoms with van der Waals surface area (Å²) < 4.78 is 25.5. The Labute approximate surface area is 84.5 Å². The molecule has 1 aliphatic rings. The van der Waals surface area contributed by atoms with Crippen LogP contribution in [0.1, 0.15) is 39.5 Å². The van der Waals surface area contributed by atoms with E-state index in [1.54, 1.807) is 0 Å². The topological polar surface area (TPSA) is 26.0 Å². The van der Waals surface area contributed by atoms with Crippen molar-refractivity contribution in [1.82, 2.24) is 0 Å². The zero-order valence-corrected chi connectivity index (χ0v) is 8.96. The molecule has 80 valence electrons. The Kier molecular flexibility index (Phi) is 4.13. The summed E-state index contributed by atoms with van der Waals surface area (Å²) in [6.07, 6.45) is 1.16. The van der Waals surface area contributed by atoms with Gasteiger partial charge in [0.15, 0.2) is 0 Å². The highest BCUT2D eigenvalue weighted by atomic mass is 35.5. The number of hydrogen-bond donors (Lipinski definition) is 1. The fraction of sp³-hybridized carbons (Fsp3) is 1.00. The van der Waals surface area contributed by atoms with Crippen LogP contribution in [0.5, 0.6) is 0 Å². The predicted molar refractivity (Wildman–Crippen MR) is 52.4 cm³/mol. The summed E-state index contributed by atoms with van der Waals surface area (Å²) in [5.41, 5.74) is 5.56. The second-order valence-electron chi connectivity index (χ2n) is 4.45. The van der Waals surface area contributed by atoms with Gasteiger partial charge in [-0.05, 0) is 32.6 Å². The van der Waals surface area contributed by atoms with E-state index in [1.807, 2.05) is 13.8 Å².